The Hall–Kier alpha value is -3.33. The number of carbonyl (C=O) groups is 1. The summed E-state index contributed by atoms with van der Waals surface area (Å²) in [7, 11) is -3.73. The molecule has 0 saturated carbocycles. The minimum Gasteiger partial charge on any atom is -0.348 e. The lowest BCUT2D eigenvalue weighted by Gasteiger charge is -2.13. The third-order valence-corrected chi connectivity index (χ3v) is 7.34. The first-order valence-corrected chi connectivity index (χ1v) is 13.1. The highest BCUT2D eigenvalue weighted by Gasteiger charge is 2.19. The number of nitrogens with one attached hydrogen (secondary N) is 2. The molecule has 35 heavy (non-hydrogen) atoms. The fraction of sp³-hybridized carbons (Fsp3) is 0.192. The molecule has 2 aromatic heterocycles. The summed E-state index contributed by atoms with van der Waals surface area (Å²) in [4.78, 5) is 22.2. The van der Waals surface area contributed by atoms with Crippen molar-refractivity contribution in [2.45, 2.75) is 31.2 Å². The largest absolute Gasteiger partial charge is 0.348 e. The quantitative estimate of drug-likeness (QED) is 0.311. The van der Waals surface area contributed by atoms with E-state index in [0.29, 0.717) is 33.7 Å². The van der Waals surface area contributed by atoms with E-state index in [1.54, 1.807) is 36.7 Å². The summed E-state index contributed by atoms with van der Waals surface area (Å²) in [6, 6.07) is 17.2. The molecule has 2 N–H and O–H groups in total. The maximum Gasteiger partial charge on any atom is 0.252 e. The molecule has 9 heteroatoms. The van der Waals surface area contributed by atoms with Crippen molar-refractivity contribution in [2.24, 2.45) is 0 Å². The lowest BCUT2D eigenvalue weighted by molar-refractivity contribution is 0.0952. The van der Waals surface area contributed by atoms with Gasteiger partial charge in [0.1, 0.15) is 0 Å². The maximum absolute atomic E-state index is 13.3. The van der Waals surface area contributed by atoms with Gasteiger partial charge in [-0.2, -0.15) is 0 Å². The second-order valence-corrected chi connectivity index (χ2v) is 10.2. The van der Waals surface area contributed by atoms with Gasteiger partial charge in [0.15, 0.2) is 0 Å². The van der Waals surface area contributed by atoms with Crippen LogP contribution in [0.1, 0.15) is 35.7 Å². The van der Waals surface area contributed by atoms with Crippen LogP contribution in [0.3, 0.4) is 0 Å². The smallest absolute Gasteiger partial charge is 0.252 e. The van der Waals surface area contributed by atoms with Gasteiger partial charge in [0.2, 0.25) is 10.0 Å². The molecule has 4 aromatic rings. The summed E-state index contributed by atoms with van der Waals surface area (Å²) in [5.74, 6) is -0.365. The van der Waals surface area contributed by atoms with Gasteiger partial charge in [0, 0.05) is 41.5 Å². The van der Waals surface area contributed by atoms with Crippen molar-refractivity contribution in [1.82, 2.24) is 20.0 Å². The molecule has 1 amide bonds. The van der Waals surface area contributed by atoms with Gasteiger partial charge >= 0.3 is 0 Å². The van der Waals surface area contributed by atoms with E-state index < -0.39 is 10.0 Å². The van der Waals surface area contributed by atoms with E-state index in [1.807, 2.05) is 31.2 Å². The number of benzene rings is 2. The Morgan fingerprint density at radius 2 is 1.89 bits per heavy atom. The Balaban J connectivity index is 1.76. The Bertz CT molecular complexity index is 1460. The molecule has 0 bridgehead atoms. The maximum atomic E-state index is 13.3. The minimum absolute atomic E-state index is 0.0807. The predicted octanol–water partition coefficient (Wildman–Crippen LogP) is 4.96. The van der Waals surface area contributed by atoms with Crippen LogP contribution in [-0.4, -0.2) is 30.8 Å². The molecule has 0 aliphatic carbocycles. The first-order valence-electron chi connectivity index (χ1n) is 11.3. The predicted molar refractivity (Wildman–Crippen MR) is 138 cm³/mol. The van der Waals surface area contributed by atoms with E-state index in [0.717, 1.165) is 24.0 Å². The van der Waals surface area contributed by atoms with Crippen LogP contribution in [0, 0.1) is 0 Å². The van der Waals surface area contributed by atoms with Crippen LogP contribution in [0.2, 0.25) is 5.02 Å². The number of fused-ring (bicyclic) bond motifs is 1. The van der Waals surface area contributed by atoms with Gasteiger partial charge in [-0.1, -0.05) is 43.1 Å². The van der Waals surface area contributed by atoms with Crippen LogP contribution in [0.5, 0.6) is 0 Å². The fourth-order valence-electron chi connectivity index (χ4n) is 3.60. The highest BCUT2D eigenvalue weighted by atomic mass is 35.5. The highest BCUT2D eigenvalue weighted by Crippen LogP contribution is 2.27. The lowest BCUT2D eigenvalue weighted by atomic mass is 10.0. The van der Waals surface area contributed by atoms with Crippen LogP contribution in [-0.2, 0) is 16.6 Å². The topological polar surface area (TPSA) is 101 Å². The van der Waals surface area contributed by atoms with Crippen LogP contribution < -0.4 is 10.0 Å². The van der Waals surface area contributed by atoms with Crippen LogP contribution in [0.25, 0.3) is 22.2 Å². The van der Waals surface area contributed by atoms with Crippen molar-refractivity contribution in [1.29, 1.82) is 0 Å². The van der Waals surface area contributed by atoms with Crippen molar-refractivity contribution in [3.05, 3.63) is 89.2 Å². The first kappa shape index (κ1) is 24.8. The van der Waals surface area contributed by atoms with Crippen LogP contribution in [0.4, 0.5) is 0 Å². The molecule has 0 radical (unpaired) electrons. The van der Waals surface area contributed by atoms with E-state index in [-0.39, 0.29) is 17.3 Å². The molecular formula is C26H25ClN4O3S. The summed E-state index contributed by atoms with van der Waals surface area (Å²) in [5.41, 5.74) is 2.89. The Labute approximate surface area is 209 Å². The lowest BCUT2D eigenvalue weighted by Crippen LogP contribution is -2.25. The van der Waals surface area contributed by atoms with Crippen LogP contribution in [0.15, 0.2) is 78.0 Å². The molecule has 2 heterocycles. The van der Waals surface area contributed by atoms with Crippen molar-refractivity contribution in [2.75, 3.05) is 6.54 Å². The number of carbonyl (C=O) groups excluding carboxylic acids is 1. The summed E-state index contributed by atoms with van der Waals surface area (Å²) < 4.78 is 28.2. The van der Waals surface area contributed by atoms with E-state index in [4.69, 9.17) is 11.6 Å². The third kappa shape index (κ3) is 5.85. The third-order valence-electron chi connectivity index (χ3n) is 5.51. The first-order chi connectivity index (χ1) is 16.9. The average Bonchev–Trinajstić information content (AvgIpc) is 2.87. The number of unbranched alkanes of at least 4 members (excludes halogenated alkanes) is 1. The van der Waals surface area contributed by atoms with Gasteiger partial charge in [-0.3, -0.25) is 9.78 Å². The zero-order valence-corrected chi connectivity index (χ0v) is 20.7. The number of amides is 1. The Morgan fingerprint density at radius 3 is 2.63 bits per heavy atom. The number of rotatable bonds is 9. The minimum atomic E-state index is -3.73. The van der Waals surface area contributed by atoms with Crippen molar-refractivity contribution >= 4 is 38.4 Å². The number of aromatic nitrogens is 2. The molecule has 0 aliphatic rings. The monoisotopic (exact) mass is 508 g/mol. The number of hydrogen-bond donors (Lipinski definition) is 2. The summed E-state index contributed by atoms with van der Waals surface area (Å²) in [6.07, 6.45) is 4.93. The molecule has 0 aliphatic heterocycles. The zero-order valence-electron chi connectivity index (χ0n) is 19.2. The second kappa shape index (κ2) is 10.9. The number of pyridine rings is 2. The number of hydrogen-bond acceptors (Lipinski definition) is 5. The molecule has 0 saturated heterocycles. The van der Waals surface area contributed by atoms with Gasteiger partial charge in [-0.15, -0.1) is 0 Å². The molecule has 2 aromatic carbocycles. The summed E-state index contributed by atoms with van der Waals surface area (Å²) >= 11 is 6.24. The Morgan fingerprint density at radius 1 is 1.06 bits per heavy atom. The zero-order chi connectivity index (χ0) is 24.8. The number of nitrogens with zero attached hydrogens (tertiary/aromatic N) is 2. The molecule has 0 spiro atoms. The van der Waals surface area contributed by atoms with E-state index in [2.05, 4.69) is 20.0 Å². The number of halogens is 1. The molecule has 0 unspecified atom stereocenters. The van der Waals surface area contributed by atoms with Crippen molar-refractivity contribution in [3.8, 4) is 11.3 Å². The molecule has 0 fully saturated rings. The van der Waals surface area contributed by atoms with Gasteiger partial charge in [-0.05, 0) is 54.4 Å². The van der Waals surface area contributed by atoms with E-state index >= 15 is 0 Å². The fourth-order valence-corrected chi connectivity index (χ4v) is 4.90. The van der Waals surface area contributed by atoms with Gasteiger partial charge in [0.05, 0.1) is 21.7 Å². The van der Waals surface area contributed by atoms with Gasteiger partial charge < -0.3 is 5.32 Å². The molecule has 4 rings (SSSR count). The summed E-state index contributed by atoms with van der Waals surface area (Å²) in [5, 5.41) is 3.88. The van der Waals surface area contributed by atoms with Gasteiger partial charge in [0.25, 0.3) is 5.91 Å². The average molecular weight is 509 g/mol. The number of sulfonamides is 1. The van der Waals surface area contributed by atoms with E-state index in [9.17, 15) is 13.2 Å². The van der Waals surface area contributed by atoms with Crippen LogP contribution >= 0.6 is 11.6 Å². The molecular weight excluding hydrogens is 484 g/mol. The van der Waals surface area contributed by atoms with Gasteiger partial charge in [-0.25, -0.2) is 18.1 Å². The molecule has 7 nitrogen and oxygen atoms in total. The SMILES string of the molecule is CCCCNS(=O)(=O)c1ccc2nc(-c3cccnc3)cc(C(=O)NCc3ccccc3Cl)c2c1. The van der Waals surface area contributed by atoms with Crippen molar-refractivity contribution < 1.29 is 13.2 Å². The standard InChI is InChI=1S/C26H25ClN4O3S/c1-2-3-13-30-35(33,34)20-10-11-24-21(14-20)22(15-25(31-24)19-8-6-12-28-16-19)26(32)29-17-18-7-4-5-9-23(18)27/h4-12,14-16,30H,2-3,13,17H2,1H3,(H,29,32). The van der Waals surface area contributed by atoms with Crippen molar-refractivity contribution in [3.63, 3.8) is 0 Å². The highest BCUT2D eigenvalue weighted by molar-refractivity contribution is 7.89. The normalized spacial score (nSPS) is 11.5. The second-order valence-electron chi connectivity index (χ2n) is 8.00. The molecule has 0 atom stereocenters. The Kier molecular flexibility index (Phi) is 7.75. The molecule has 180 valence electrons. The summed E-state index contributed by atoms with van der Waals surface area (Å²) in [6.45, 7) is 2.56. The van der Waals surface area contributed by atoms with E-state index in [1.165, 1.54) is 12.1 Å².